The summed E-state index contributed by atoms with van der Waals surface area (Å²) >= 11 is 0. The van der Waals surface area contributed by atoms with Crippen LogP contribution in [-0.2, 0) is 19.6 Å². The molecule has 2 fully saturated rings. The molecule has 2 heterocycles. The molecule has 0 bridgehead atoms. The van der Waals surface area contributed by atoms with Gasteiger partial charge in [-0.15, -0.1) is 0 Å². The Morgan fingerprint density at radius 2 is 1.95 bits per heavy atom. The largest absolute Gasteiger partial charge is 0.391 e. The number of aliphatic hydroxyl groups is 1. The molecule has 0 aromatic carbocycles. The Hall–Kier alpha value is -0.700. The molecule has 1 amide bonds. The minimum Gasteiger partial charge on any atom is -0.391 e. The van der Waals surface area contributed by atoms with Crippen molar-refractivity contribution in [2.45, 2.75) is 25.9 Å². The van der Waals surface area contributed by atoms with E-state index in [-0.39, 0.29) is 24.0 Å². The number of β-amino-alcohol motifs (C(OH)–C–C–N with tert-alkyl or cyclic N) is 1. The van der Waals surface area contributed by atoms with Gasteiger partial charge in [0.1, 0.15) is 0 Å². The standard InChI is InChI=1S/C13H24N2O5S/c1-11-2-4-14(10-12(11)16)13(17)3-9-21(18,19)15-5-7-20-8-6-15/h11-12,16H,2-10H2,1H3. The topological polar surface area (TPSA) is 87.2 Å². The highest BCUT2D eigenvalue weighted by Gasteiger charge is 2.29. The third kappa shape index (κ3) is 4.38. The van der Waals surface area contributed by atoms with Crippen LogP contribution in [-0.4, -0.2) is 79.9 Å². The summed E-state index contributed by atoms with van der Waals surface area (Å²) in [6.45, 7) is 4.38. The Balaban J connectivity index is 1.83. The number of hydrogen-bond donors (Lipinski definition) is 1. The molecule has 2 rings (SSSR count). The molecule has 0 saturated carbocycles. The van der Waals surface area contributed by atoms with Crippen LogP contribution in [0.2, 0.25) is 0 Å². The van der Waals surface area contributed by atoms with E-state index in [1.165, 1.54) is 4.31 Å². The van der Waals surface area contributed by atoms with Gasteiger partial charge in [-0.1, -0.05) is 6.92 Å². The fourth-order valence-corrected chi connectivity index (χ4v) is 4.00. The SMILES string of the molecule is CC1CCN(C(=O)CCS(=O)(=O)N2CCOCC2)CC1O. The molecule has 122 valence electrons. The maximum absolute atomic E-state index is 12.1. The molecule has 21 heavy (non-hydrogen) atoms. The van der Waals surface area contributed by atoms with Gasteiger partial charge in [0.15, 0.2) is 0 Å². The van der Waals surface area contributed by atoms with Crippen molar-refractivity contribution < 1.29 is 23.1 Å². The number of rotatable bonds is 4. The first-order valence-electron chi connectivity index (χ1n) is 7.41. The van der Waals surface area contributed by atoms with Crippen LogP contribution in [0.3, 0.4) is 0 Å². The molecular formula is C13H24N2O5S. The van der Waals surface area contributed by atoms with Gasteiger partial charge in [-0.3, -0.25) is 4.79 Å². The molecule has 0 radical (unpaired) electrons. The normalized spacial score (nSPS) is 28.6. The van der Waals surface area contributed by atoms with Crippen LogP contribution in [0.5, 0.6) is 0 Å². The summed E-state index contributed by atoms with van der Waals surface area (Å²) in [5.41, 5.74) is 0. The van der Waals surface area contributed by atoms with E-state index in [9.17, 15) is 18.3 Å². The second-order valence-corrected chi connectivity index (χ2v) is 7.84. The van der Waals surface area contributed by atoms with Crippen LogP contribution < -0.4 is 0 Å². The molecule has 1 N–H and O–H groups in total. The number of morpholine rings is 1. The molecule has 7 nitrogen and oxygen atoms in total. The average Bonchev–Trinajstić information content (AvgIpc) is 2.48. The Labute approximate surface area is 125 Å². The van der Waals surface area contributed by atoms with Crippen LogP contribution >= 0.6 is 0 Å². The Morgan fingerprint density at radius 1 is 1.29 bits per heavy atom. The number of amides is 1. The number of carbonyl (C=O) groups is 1. The molecule has 2 aliphatic heterocycles. The van der Waals surface area contributed by atoms with Crippen molar-refractivity contribution in [2.24, 2.45) is 5.92 Å². The van der Waals surface area contributed by atoms with E-state index in [4.69, 9.17) is 4.74 Å². The van der Waals surface area contributed by atoms with Crippen molar-refractivity contribution in [3.8, 4) is 0 Å². The number of nitrogens with zero attached hydrogens (tertiary/aromatic N) is 2. The number of sulfonamides is 1. The van der Waals surface area contributed by atoms with Crippen molar-refractivity contribution in [3.63, 3.8) is 0 Å². The van der Waals surface area contributed by atoms with E-state index < -0.39 is 16.1 Å². The van der Waals surface area contributed by atoms with E-state index in [0.717, 1.165) is 6.42 Å². The Morgan fingerprint density at radius 3 is 2.57 bits per heavy atom. The van der Waals surface area contributed by atoms with Crippen LogP contribution in [0.15, 0.2) is 0 Å². The van der Waals surface area contributed by atoms with E-state index in [0.29, 0.717) is 39.4 Å². The quantitative estimate of drug-likeness (QED) is 0.738. The van der Waals surface area contributed by atoms with Crippen LogP contribution in [0, 0.1) is 5.92 Å². The highest BCUT2D eigenvalue weighted by molar-refractivity contribution is 7.89. The second-order valence-electron chi connectivity index (χ2n) is 5.75. The lowest BCUT2D eigenvalue weighted by Gasteiger charge is -2.34. The highest BCUT2D eigenvalue weighted by Crippen LogP contribution is 2.18. The first kappa shape index (κ1) is 16.7. The zero-order chi connectivity index (χ0) is 15.5. The summed E-state index contributed by atoms with van der Waals surface area (Å²) in [4.78, 5) is 13.7. The molecule has 0 aliphatic carbocycles. The van der Waals surface area contributed by atoms with Crippen LogP contribution in [0.4, 0.5) is 0 Å². The number of aliphatic hydroxyl groups excluding tert-OH is 1. The minimum atomic E-state index is -3.40. The highest BCUT2D eigenvalue weighted by atomic mass is 32.2. The Bertz CT molecular complexity index is 461. The zero-order valence-corrected chi connectivity index (χ0v) is 13.2. The lowest BCUT2D eigenvalue weighted by atomic mass is 9.96. The van der Waals surface area contributed by atoms with Gasteiger partial charge in [-0.2, -0.15) is 4.31 Å². The smallest absolute Gasteiger partial charge is 0.223 e. The maximum Gasteiger partial charge on any atom is 0.223 e. The van der Waals surface area contributed by atoms with Gasteiger partial charge in [0, 0.05) is 32.6 Å². The van der Waals surface area contributed by atoms with Gasteiger partial charge in [-0.05, 0) is 12.3 Å². The van der Waals surface area contributed by atoms with E-state index in [2.05, 4.69) is 0 Å². The molecule has 2 saturated heterocycles. The third-order valence-electron chi connectivity index (χ3n) is 4.21. The average molecular weight is 320 g/mol. The van der Waals surface area contributed by atoms with Gasteiger partial charge < -0.3 is 14.7 Å². The molecule has 0 spiro atoms. The molecule has 2 unspecified atom stereocenters. The molecular weight excluding hydrogens is 296 g/mol. The van der Waals surface area contributed by atoms with E-state index in [1.807, 2.05) is 6.92 Å². The van der Waals surface area contributed by atoms with Crippen molar-refractivity contribution in [2.75, 3.05) is 45.1 Å². The van der Waals surface area contributed by atoms with Gasteiger partial charge >= 0.3 is 0 Å². The lowest BCUT2D eigenvalue weighted by Crippen LogP contribution is -2.47. The lowest BCUT2D eigenvalue weighted by molar-refractivity contribution is -0.135. The predicted molar refractivity (Wildman–Crippen MR) is 77.2 cm³/mol. The summed E-state index contributed by atoms with van der Waals surface area (Å²) in [6, 6.07) is 0. The fourth-order valence-electron chi connectivity index (χ4n) is 2.60. The van der Waals surface area contributed by atoms with Crippen molar-refractivity contribution >= 4 is 15.9 Å². The number of hydrogen-bond acceptors (Lipinski definition) is 5. The van der Waals surface area contributed by atoms with Gasteiger partial charge in [0.05, 0.1) is 25.1 Å². The number of ether oxygens (including phenoxy) is 1. The molecule has 2 aliphatic rings. The first-order valence-corrected chi connectivity index (χ1v) is 9.02. The predicted octanol–water partition coefficient (Wildman–Crippen LogP) is -0.732. The van der Waals surface area contributed by atoms with Gasteiger partial charge in [0.2, 0.25) is 15.9 Å². The van der Waals surface area contributed by atoms with Crippen molar-refractivity contribution in [1.82, 2.24) is 9.21 Å². The maximum atomic E-state index is 12.1. The number of likely N-dealkylation sites (tertiary alicyclic amines) is 1. The number of carbonyl (C=O) groups excluding carboxylic acids is 1. The fraction of sp³-hybridized carbons (Fsp3) is 0.923. The van der Waals surface area contributed by atoms with E-state index >= 15 is 0 Å². The summed E-state index contributed by atoms with van der Waals surface area (Å²) in [5.74, 6) is -0.183. The van der Waals surface area contributed by atoms with Crippen LogP contribution in [0.25, 0.3) is 0 Å². The molecule has 0 aromatic heterocycles. The van der Waals surface area contributed by atoms with Gasteiger partial charge in [-0.25, -0.2) is 8.42 Å². The zero-order valence-electron chi connectivity index (χ0n) is 12.4. The van der Waals surface area contributed by atoms with Crippen molar-refractivity contribution in [1.29, 1.82) is 0 Å². The van der Waals surface area contributed by atoms with Gasteiger partial charge in [0.25, 0.3) is 0 Å². The van der Waals surface area contributed by atoms with E-state index in [1.54, 1.807) is 4.90 Å². The van der Waals surface area contributed by atoms with Crippen LogP contribution in [0.1, 0.15) is 19.8 Å². The molecule has 0 aromatic rings. The minimum absolute atomic E-state index is 0.0270. The third-order valence-corrected chi connectivity index (χ3v) is 6.08. The molecule has 2 atom stereocenters. The summed E-state index contributed by atoms with van der Waals surface area (Å²) in [5, 5.41) is 9.79. The Kier molecular flexibility index (Phi) is 5.59. The summed E-state index contributed by atoms with van der Waals surface area (Å²) < 4.78 is 30.8. The van der Waals surface area contributed by atoms with Crippen molar-refractivity contribution in [3.05, 3.63) is 0 Å². The second kappa shape index (κ2) is 7.04. The molecule has 8 heteroatoms. The first-order chi connectivity index (χ1) is 9.90. The summed E-state index contributed by atoms with van der Waals surface area (Å²) in [6.07, 6.45) is 0.211. The summed E-state index contributed by atoms with van der Waals surface area (Å²) in [7, 11) is -3.40. The monoisotopic (exact) mass is 320 g/mol. The number of piperidine rings is 1.